The Morgan fingerprint density at radius 3 is 2.54 bits per heavy atom. The lowest BCUT2D eigenvalue weighted by Gasteiger charge is -2.29. The maximum atomic E-state index is 14.0. The second-order valence-electron chi connectivity index (χ2n) is 9.10. The van der Waals surface area contributed by atoms with Crippen LogP contribution in [0.2, 0.25) is 0 Å². The highest BCUT2D eigenvalue weighted by Crippen LogP contribution is 2.47. The van der Waals surface area contributed by atoms with Gasteiger partial charge >= 0.3 is 0 Å². The molecular formula is C27H24F2N2O4. The normalized spacial score (nSPS) is 21.3. The minimum absolute atomic E-state index is 0.0532. The number of ether oxygens (including phenoxy) is 1. The number of hydrogen-bond acceptors (Lipinski definition) is 5. The van der Waals surface area contributed by atoms with Crippen LogP contribution >= 0.6 is 0 Å². The van der Waals surface area contributed by atoms with E-state index in [9.17, 15) is 23.8 Å². The molecule has 2 heterocycles. The Morgan fingerprint density at radius 2 is 1.80 bits per heavy atom. The number of hydrogen-bond donors (Lipinski definition) is 2. The summed E-state index contributed by atoms with van der Waals surface area (Å²) in [5, 5.41) is 21.4. The lowest BCUT2D eigenvalue weighted by atomic mass is 9.77. The summed E-state index contributed by atoms with van der Waals surface area (Å²) >= 11 is 0. The van der Waals surface area contributed by atoms with Gasteiger partial charge in [0.2, 0.25) is 0 Å². The maximum Gasteiger partial charge on any atom is 0.182 e. The molecule has 4 aromatic rings. The third-order valence-corrected chi connectivity index (χ3v) is 6.86. The van der Waals surface area contributed by atoms with E-state index in [0.29, 0.717) is 22.6 Å². The Bertz CT molecular complexity index is 1430. The van der Waals surface area contributed by atoms with Gasteiger partial charge in [-0.15, -0.1) is 0 Å². The van der Waals surface area contributed by atoms with E-state index in [2.05, 4.69) is 4.98 Å². The monoisotopic (exact) mass is 478 g/mol. The number of nitrogens with zero attached hydrogens (tertiary/aromatic N) is 2. The average molecular weight is 478 g/mol. The van der Waals surface area contributed by atoms with Gasteiger partial charge in [0, 0.05) is 18.0 Å². The SMILES string of the molecule is Cc1nc2c(OCc3c(F)cccc3F)cccn2c1C(=O)C[C@@]1(C)c2ccccc2[C@H](O)[C@H]1O. The van der Waals surface area contributed by atoms with Crippen molar-refractivity contribution in [3.05, 3.63) is 101 Å². The number of aryl methyl sites for hydroxylation is 1. The van der Waals surface area contributed by atoms with Gasteiger partial charge in [0.1, 0.15) is 30.0 Å². The molecule has 2 aromatic heterocycles. The van der Waals surface area contributed by atoms with Gasteiger partial charge < -0.3 is 14.9 Å². The molecule has 0 saturated heterocycles. The molecule has 35 heavy (non-hydrogen) atoms. The predicted molar refractivity (Wildman–Crippen MR) is 124 cm³/mol. The van der Waals surface area contributed by atoms with E-state index < -0.39 is 29.3 Å². The van der Waals surface area contributed by atoms with E-state index in [1.807, 2.05) is 12.1 Å². The lowest BCUT2D eigenvalue weighted by molar-refractivity contribution is -0.0111. The minimum Gasteiger partial charge on any atom is -0.485 e. The molecule has 6 nitrogen and oxygen atoms in total. The zero-order valence-corrected chi connectivity index (χ0v) is 19.2. The van der Waals surface area contributed by atoms with Crippen LogP contribution in [-0.2, 0) is 12.0 Å². The number of halogens is 2. The summed E-state index contributed by atoms with van der Waals surface area (Å²) in [7, 11) is 0. The fraction of sp³-hybridized carbons (Fsp3) is 0.259. The Morgan fingerprint density at radius 1 is 1.09 bits per heavy atom. The van der Waals surface area contributed by atoms with Crippen LogP contribution in [0.3, 0.4) is 0 Å². The van der Waals surface area contributed by atoms with Crippen molar-refractivity contribution < 1.29 is 28.5 Å². The van der Waals surface area contributed by atoms with Crippen molar-refractivity contribution in [2.24, 2.45) is 0 Å². The van der Waals surface area contributed by atoms with Gasteiger partial charge in [-0.2, -0.15) is 0 Å². The Kier molecular flexibility index (Phi) is 5.65. The maximum absolute atomic E-state index is 14.0. The van der Waals surface area contributed by atoms with E-state index in [4.69, 9.17) is 4.74 Å². The molecule has 2 aromatic carbocycles. The van der Waals surface area contributed by atoms with E-state index in [1.165, 1.54) is 6.07 Å². The first kappa shape index (κ1) is 23.1. The van der Waals surface area contributed by atoms with Crippen molar-refractivity contribution in [1.82, 2.24) is 9.38 Å². The second-order valence-corrected chi connectivity index (χ2v) is 9.10. The summed E-state index contributed by atoms with van der Waals surface area (Å²) < 4.78 is 35.3. The van der Waals surface area contributed by atoms with Crippen LogP contribution in [0, 0.1) is 18.6 Å². The van der Waals surface area contributed by atoms with Crippen LogP contribution in [0.15, 0.2) is 60.8 Å². The van der Waals surface area contributed by atoms with Crippen molar-refractivity contribution in [2.45, 2.75) is 44.5 Å². The van der Waals surface area contributed by atoms with Gasteiger partial charge in [-0.3, -0.25) is 9.20 Å². The molecule has 0 unspecified atom stereocenters. The number of aliphatic hydroxyl groups excluding tert-OH is 2. The molecule has 180 valence electrons. The molecule has 5 rings (SSSR count). The van der Waals surface area contributed by atoms with Crippen molar-refractivity contribution in [3.8, 4) is 5.75 Å². The second kappa shape index (κ2) is 8.55. The number of carbonyl (C=O) groups excluding carboxylic acids is 1. The molecule has 1 aliphatic carbocycles. The van der Waals surface area contributed by atoms with E-state index in [-0.39, 0.29) is 30.1 Å². The quantitative estimate of drug-likeness (QED) is 0.401. The number of aromatic nitrogens is 2. The van der Waals surface area contributed by atoms with Crippen LogP contribution in [0.4, 0.5) is 8.78 Å². The fourth-order valence-corrected chi connectivity index (χ4v) is 4.99. The predicted octanol–water partition coefficient (Wildman–Crippen LogP) is 4.44. The van der Waals surface area contributed by atoms with E-state index in [1.54, 1.807) is 48.7 Å². The van der Waals surface area contributed by atoms with E-state index in [0.717, 1.165) is 17.7 Å². The zero-order valence-electron chi connectivity index (χ0n) is 19.2. The summed E-state index contributed by atoms with van der Waals surface area (Å²) in [5.74, 6) is -1.42. The Labute approximate surface area is 200 Å². The van der Waals surface area contributed by atoms with Gasteiger partial charge in [-0.25, -0.2) is 13.8 Å². The lowest BCUT2D eigenvalue weighted by Crippen LogP contribution is -2.37. The largest absolute Gasteiger partial charge is 0.485 e. The molecule has 0 amide bonds. The molecule has 0 bridgehead atoms. The van der Waals surface area contributed by atoms with Crippen LogP contribution < -0.4 is 4.74 Å². The smallest absolute Gasteiger partial charge is 0.182 e. The summed E-state index contributed by atoms with van der Waals surface area (Å²) in [4.78, 5) is 18.0. The summed E-state index contributed by atoms with van der Waals surface area (Å²) in [6.45, 7) is 3.11. The summed E-state index contributed by atoms with van der Waals surface area (Å²) in [6, 6.07) is 14.0. The first-order valence-electron chi connectivity index (χ1n) is 11.2. The molecule has 0 saturated carbocycles. The highest BCUT2D eigenvalue weighted by Gasteiger charge is 2.49. The van der Waals surface area contributed by atoms with Gasteiger partial charge in [-0.05, 0) is 42.3 Å². The summed E-state index contributed by atoms with van der Waals surface area (Å²) in [6.07, 6.45) is -0.610. The van der Waals surface area contributed by atoms with Crippen LogP contribution in [0.25, 0.3) is 5.65 Å². The molecular weight excluding hydrogens is 454 g/mol. The number of carbonyl (C=O) groups is 1. The first-order chi connectivity index (χ1) is 16.7. The molecule has 8 heteroatoms. The number of ketones is 1. The van der Waals surface area contributed by atoms with Crippen molar-refractivity contribution in [3.63, 3.8) is 0 Å². The number of fused-ring (bicyclic) bond motifs is 2. The fourth-order valence-electron chi connectivity index (χ4n) is 4.99. The molecule has 0 aliphatic heterocycles. The molecule has 3 atom stereocenters. The third kappa shape index (κ3) is 3.69. The molecule has 0 fully saturated rings. The van der Waals surface area contributed by atoms with Crippen molar-refractivity contribution >= 4 is 11.4 Å². The van der Waals surface area contributed by atoms with Gasteiger partial charge in [0.25, 0.3) is 0 Å². The van der Waals surface area contributed by atoms with Crippen LogP contribution in [0.5, 0.6) is 5.75 Å². The topological polar surface area (TPSA) is 84.1 Å². The highest BCUT2D eigenvalue weighted by atomic mass is 19.1. The van der Waals surface area contributed by atoms with Gasteiger partial charge in [0.15, 0.2) is 17.2 Å². The van der Waals surface area contributed by atoms with Gasteiger partial charge in [0.05, 0.1) is 17.4 Å². The number of Topliss-reactive ketones (excluding diaryl/α,β-unsaturated/α-hetero) is 1. The Balaban J connectivity index is 1.47. The minimum atomic E-state index is -1.14. The van der Waals surface area contributed by atoms with Gasteiger partial charge in [-0.1, -0.05) is 37.3 Å². The zero-order chi connectivity index (χ0) is 24.9. The molecule has 0 radical (unpaired) electrons. The number of aliphatic hydroxyl groups is 2. The molecule has 1 aliphatic rings. The number of benzene rings is 2. The van der Waals surface area contributed by atoms with Crippen molar-refractivity contribution in [1.29, 1.82) is 0 Å². The summed E-state index contributed by atoms with van der Waals surface area (Å²) in [5.41, 5.74) is 1.26. The molecule has 2 N–H and O–H groups in total. The van der Waals surface area contributed by atoms with Crippen molar-refractivity contribution in [2.75, 3.05) is 0 Å². The average Bonchev–Trinajstić information content (AvgIpc) is 3.27. The number of imidazole rings is 1. The van der Waals surface area contributed by atoms with Crippen LogP contribution in [0.1, 0.15) is 52.3 Å². The highest BCUT2D eigenvalue weighted by molar-refractivity contribution is 5.97. The Hall–Kier alpha value is -3.62. The number of pyridine rings is 1. The third-order valence-electron chi connectivity index (χ3n) is 6.86. The number of rotatable bonds is 6. The van der Waals surface area contributed by atoms with Crippen LogP contribution in [-0.4, -0.2) is 31.5 Å². The van der Waals surface area contributed by atoms with E-state index >= 15 is 0 Å². The standard InChI is InChI=1S/C27H24F2N2O4/c1-15-23(21(32)13-27(2)18-8-4-3-7-16(18)24(33)25(27)34)31-12-6-11-22(26(31)30-15)35-14-17-19(28)9-5-10-20(17)29/h3-12,24-25,33-34H,13-14H2,1-2H3/t24-,25+,27-/m0/s1. The molecule has 0 spiro atoms. The first-order valence-corrected chi connectivity index (χ1v) is 11.2.